The largest absolute Gasteiger partial charge is 0.492 e. The maximum atomic E-state index is 12.6. The molecule has 5 heteroatoms. The van der Waals surface area contributed by atoms with Crippen LogP contribution in [-0.4, -0.2) is 29.3 Å². The number of hydrogen-bond acceptors (Lipinski definition) is 3. The summed E-state index contributed by atoms with van der Waals surface area (Å²) in [5.41, 5.74) is 4.39. The van der Waals surface area contributed by atoms with Gasteiger partial charge in [0.1, 0.15) is 12.4 Å². The Morgan fingerprint density at radius 1 is 1.11 bits per heavy atom. The van der Waals surface area contributed by atoms with Gasteiger partial charge >= 0.3 is 0 Å². The number of rotatable bonds is 6. The third-order valence-electron chi connectivity index (χ3n) is 4.98. The minimum atomic E-state index is -0.0192. The van der Waals surface area contributed by atoms with E-state index in [0.29, 0.717) is 13.2 Å². The molecule has 1 aromatic heterocycles. The van der Waals surface area contributed by atoms with Crippen LogP contribution in [0.2, 0.25) is 0 Å². The highest BCUT2D eigenvalue weighted by atomic mass is 16.5. The van der Waals surface area contributed by atoms with Gasteiger partial charge in [-0.2, -0.15) is 5.10 Å². The first-order valence-electron chi connectivity index (χ1n) is 9.38. The Bertz CT molecular complexity index is 890. The number of aromatic amines is 1. The lowest BCUT2D eigenvalue weighted by Crippen LogP contribution is -2.36. The smallest absolute Gasteiger partial charge is 0.223 e. The Kier molecular flexibility index (Phi) is 5.19. The molecule has 0 saturated carbocycles. The zero-order valence-corrected chi connectivity index (χ0v) is 15.2. The second kappa shape index (κ2) is 8.08. The fourth-order valence-electron chi connectivity index (χ4n) is 3.56. The van der Waals surface area contributed by atoms with Gasteiger partial charge in [-0.1, -0.05) is 48.5 Å². The normalized spacial score (nSPS) is 15.8. The van der Waals surface area contributed by atoms with Crippen molar-refractivity contribution in [1.29, 1.82) is 0 Å². The first-order valence-corrected chi connectivity index (χ1v) is 9.38. The molecule has 1 atom stereocenters. The number of H-pyrrole nitrogens is 1. The van der Waals surface area contributed by atoms with Crippen molar-refractivity contribution in [2.75, 3.05) is 13.2 Å². The molecule has 0 fully saturated rings. The van der Waals surface area contributed by atoms with Crippen molar-refractivity contribution in [2.45, 2.75) is 19.3 Å². The van der Waals surface area contributed by atoms with Gasteiger partial charge in [-0.15, -0.1) is 0 Å². The number of nitrogens with one attached hydrogen (secondary N) is 2. The SMILES string of the molecule is O=C(NCCOc1ccccc1)C1CCc2[nH]nc(-c3ccccc3)c2C1. The zero-order valence-electron chi connectivity index (χ0n) is 15.2. The fraction of sp³-hybridized carbons (Fsp3) is 0.273. The Morgan fingerprint density at radius 3 is 2.63 bits per heavy atom. The molecule has 3 aromatic rings. The van der Waals surface area contributed by atoms with Crippen LogP contribution in [0.4, 0.5) is 0 Å². The lowest BCUT2D eigenvalue weighted by molar-refractivity contribution is -0.125. The molecule has 27 heavy (non-hydrogen) atoms. The number of benzene rings is 2. The Morgan fingerprint density at radius 2 is 1.85 bits per heavy atom. The highest BCUT2D eigenvalue weighted by Gasteiger charge is 2.28. The molecule has 1 aliphatic rings. The lowest BCUT2D eigenvalue weighted by atomic mass is 9.85. The molecule has 0 spiro atoms. The number of hydrogen-bond donors (Lipinski definition) is 2. The lowest BCUT2D eigenvalue weighted by Gasteiger charge is -2.22. The van der Waals surface area contributed by atoms with E-state index in [-0.39, 0.29) is 11.8 Å². The van der Waals surface area contributed by atoms with Crippen molar-refractivity contribution in [3.05, 3.63) is 71.9 Å². The topological polar surface area (TPSA) is 67.0 Å². The predicted octanol–water partition coefficient (Wildman–Crippen LogP) is 3.38. The molecule has 1 amide bonds. The first kappa shape index (κ1) is 17.3. The number of nitrogens with zero attached hydrogens (tertiary/aromatic N) is 1. The average Bonchev–Trinajstić information content (AvgIpc) is 3.16. The molecule has 4 rings (SSSR count). The van der Waals surface area contributed by atoms with Crippen LogP contribution in [0.15, 0.2) is 60.7 Å². The molecule has 1 unspecified atom stereocenters. The molecule has 0 aliphatic heterocycles. The molecular weight excluding hydrogens is 338 g/mol. The molecule has 1 heterocycles. The number of ether oxygens (including phenoxy) is 1. The van der Waals surface area contributed by atoms with Crippen LogP contribution in [0.1, 0.15) is 17.7 Å². The van der Waals surface area contributed by atoms with Crippen LogP contribution in [0.25, 0.3) is 11.3 Å². The van der Waals surface area contributed by atoms with E-state index in [1.165, 1.54) is 5.56 Å². The van der Waals surface area contributed by atoms with Crippen LogP contribution >= 0.6 is 0 Å². The highest BCUT2D eigenvalue weighted by molar-refractivity contribution is 5.80. The van der Waals surface area contributed by atoms with E-state index in [1.807, 2.05) is 48.5 Å². The third kappa shape index (κ3) is 4.03. The summed E-state index contributed by atoms with van der Waals surface area (Å²) < 4.78 is 5.63. The van der Waals surface area contributed by atoms with Gasteiger partial charge in [-0.05, 0) is 31.4 Å². The van der Waals surface area contributed by atoms with Crippen LogP contribution < -0.4 is 10.1 Å². The maximum Gasteiger partial charge on any atom is 0.223 e. The number of aryl methyl sites for hydroxylation is 1. The Balaban J connectivity index is 1.34. The molecule has 138 valence electrons. The predicted molar refractivity (Wildman–Crippen MR) is 104 cm³/mol. The first-order chi connectivity index (χ1) is 13.3. The fourth-order valence-corrected chi connectivity index (χ4v) is 3.56. The van der Waals surface area contributed by atoms with Gasteiger partial charge in [0.2, 0.25) is 5.91 Å². The summed E-state index contributed by atoms with van der Waals surface area (Å²) in [5, 5.41) is 10.7. The summed E-state index contributed by atoms with van der Waals surface area (Å²) in [5.74, 6) is 0.895. The number of aromatic nitrogens is 2. The molecule has 5 nitrogen and oxygen atoms in total. The second-order valence-electron chi connectivity index (χ2n) is 6.79. The standard InChI is InChI=1S/C22H23N3O2/c26-22(23-13-14-27-18-9-5-2-6-10-18)17-11-12-20-19(15-17)21(25-24-20)16-7-3-1-4-8-16/h1-10,17H,11-15H2,(H,23,26)(H,24,25). The number of carbonyl (C=O) groups is 1. The van der Waals surface area contributed by atoms with Gasteiger partial charge in [0.05, 0.1) is 12.2 Å². The van der Waals surface area contributed by atoms with E-state index in [0.717, 1.165) is 42.0 Å². The minimum Gasteiger partial charge on any atom is -0.492 e. The van der Waals surface area contributed by atoms with Crippen molar-refractivity contribution in [3.63, 3.8) is 0 Å². The van der Waals surface area contributed by atoms with Crippen LogP contribution in [-0.2, 0) is 17.6 Å². The van der Waals surface area contributed by atoms with E-state index >= 15 is 0 Å². The maximum absolute atomic E-state index is 12.6. The van der Waals surface area contributed by atoms with Gasteiger partial charge in [-0.3, -0.25) is 9.89 Å². The Labute approximate surface area is 158 Å². The van der Waals surface area contributed by atoms with Gasteiger partial charge in [0, 0.05) is 22.7 Å². The van der Waals surface area contributed by atoms with Gasteiger partial charge in [0.25, 0.3) is 0 Å². The number of para-hydroxylation sites is 1. The van der Waals surface area contributed by atoms with E-state index in [2.05, 4.69) is 27.6 Å². The molecule has 0 saturated heterocycles. The van der Waals surface area contributed by atoms with Crippen molar-refractivity contribution in [2.24, 2.45) is 5.92 Å². The number of amides is 1. The summed E-state index contributed by atoms with van der Waals surface area (Å²) in [6.45, 7) is 0.975. The van der Waals surface area contributed by atoms with Crippen LogP contribution in [0.5, 0.6) is 5.75 Å². The van der Waals surface area contributed by atoms with Crippen LogP contribution in [0, 0.1) is 5.92 Å². The number of fused-ring (bicyclic) bond motifs is 1. The molecular formula is C22H23N3O2. The highest BCUT2D eigenvalue weighted by Crippen LogP contribution is 2.32. The van der Waals surface area contributed by atoms with Gasteiger partial charge in [-0.25, -0.2) is 0 Å². The summed E-state index contributed by atoms with van der Waals surface area (Å²) in [7, 11) is 0. The van der Waals surface area contributed by atoms with E-state index in [1.54, 1.807) is 0 Å². The molecule has 2 aromatic carbocycles. The van der Waals surface area contributed by atoms with Crippen molar-refractivity contribution >= 4 is 5.91 Å². The quantitative estimate of drug-likeness (QED) is 0.662. The summed E-state index contributed by atoms with van der Waals surface area (Å²) in [6, 6.07) is 19.8. The van der Waals surface area contributed by atoms with E-state index < -0.39 is 0 Å². The molecule has 0 bridgehead atoms. The third-order valence-corrected chi connectivity index (χ3v) is 4.98. The monoisotopic (exact) mass is 361 g/mol. The summed E-state index contributed by atoms with van der Waals surface area (Å²) >= 11 is 0. The molecule has 0 radical (unpaired) electrons. The number of carbonyl (C=O) groups excluding carboxylic acids is 1. The zero-order chi connectivity index (χ0) is 18.5. The van der Waals surface area contributed by atoms with Crippen molar-refractivity contribution in [3.8, 4) is 17.0 Å². The molecule has 2 N–H and O–H groups in total. The average molecular weight is 361 g/mol. The van der Waals surface area contributed by atoms with Crippen LogP contribution in [0.3, 0.4) is 0 Å². The van der Waals surface area contributed by atoms with E-state index in [9.17, 15) is 4.79 Å². The second-order valence-corrected chi connectivity index (χ2v) is 6.79. The van der Waals surface area contributed by atoms with Gasteiger partial charge in [0.15, 0.2) is 0 Å². The van der Waals surface area contributed by atoms with E-state index in [4.69, 9.17) is 4.74 Å². The minimum absolute atomic E-state index is 0.0192. The molecule has 1 aliphatic carbocycles. The van der Waals surface area contributed by atoms with Crippen molar-refractivity contribution in [1.82, 2.24) is 15.5 Å². The van der Waals surface area contributed by atoms with Gasteiger partial charge < -0.3 is 10.1 Å². The summed E-state index contributed by atoms with van der Waals surface area (Å²) in [4.78, 5) is 12.6. The summed E-state index contributed by atoms with van der Waals surface area (Å²) in [6.07, 6.45) is 2.42. The Hall–Kier alpha value is -3.08. The van der Waals surface area contributed by atoms with Crippen molar-refractivity contribution < 1.29 is 9.53 Å².